The van der Waals surface area contributed by atoms with Crippen LogP contribution in [0.15, 0.2) is 84.9 Å². The van der Waals surface area contributed by atoms with Gasteiger partial charge in [-0.05, 0) is 54.6 Å². The van der Waals surface area contributed by atoms with Crippen molar-refractivity contribution in [1.82, 2.24) is 10.2 Å². The summed E-state index contributed by atoms with van der Waals surface area (Å²) in [6.45, 7) is 2.76. The average molecular weight is 451 g/mol. The molecule has 0 spiro atoms. The predicted octanol–water partition coefficient (Wildman–Crippen LogP) is 6.09. The summed E-state index contributed by atoms with van der Waals surface area (Å²) in [4.78, 5) is 2.50. The van der Waals surface area contributed by atoms with Crippen molar-refractivity contribution in [2.45, 2.75) is 43.6 Å². The third-order valence-electron chi connectivity index (χ3n) is 7.33. The lowest BCUT2D eigenvalue weighted by molar-refractivity contribution is -0.137. The van der Waals surface area contributed by atoms with Crippen molar-refractivity contribution in [1.29, 1.82) is 0 Å². The highest BCUT2D eigenvalue weighted by atomic mass is 19.4. The van der Waals surface area contributed by atoms with Gasteiger partial charge in [0.2, 0.25) is 0 Å². The third-order valence-corrected chi connectivity index (χ3v) is 7.33. The number of alkyl halides is 3. The standard InChI is InChI=1S/C28H29F3N2/c29-28(30,31)24-13-7-12-23(18-24)25(21-10-5-2-6-11-21)27-26(22-14-16-33(27)17-15-22)32-19-20-8-3-1-4-9-20/h1-13,18,22,25-27,32H,14-17,19H2/t25?,26-,27+/m1/s1. The van der Waals surface area contributed by atoms with E-state index in [1.54, 1.807) is 6.07 Å². The summed E-state index contributed by atoms with van der Waals surface area (Å²) in [7, 11) is 0. The van der Waals surface area contributed by atoms with Crippen LogP contribution in [0.1, 0.15) is 41.0 Å². The van der Waals surface area contributed by atoms with Crippen molar-refractivity contribution >= 4 is 0 Å². The lowest BCUT2D eigenvalue weighted by Crippen LogP contribution is -2.64. The molecule has 0 aliphatic carbocycles. The van der Waals surface area contributed by atoms with Gasteiger partial charge in [-0.15, -0.1) is 0 Å². The summed E-state index contributed by atoms with van der Waals surface area (Å²) in [5, 5.41) is 3.82. The van der Waals surface area contributed by atoms with Gasteiger partial charge in [0.25, 0.3) is 0 Å². The van der Waals surface area contributed by atoms with Gasteiger partial charge in [-0.2, -0.15) is 13.2 Å². The average Bonchev–Trinajstić information content (AvgIpc) is 2.85. The fraction of sp³-hybridized carbons (Fsp3) is 0.357. The Balaban J connectivity index is 1.54. The van der Waals surface area contributed by atoms with Crippen LogP contribution in [0, 0.1) is 5.92 Å². The van der Waals surface area contributed by atoms with Crippen LogP contribution in [0.3, 0.4) is 0 Å². The quantitative estimate of drug-likeness (QED) is 0.489. The number of nitrogens with one attached hydrogen (secondary N) is 1. The molecule has 33 heavy (non-hydrogen) atoms. The van der Waals surface area contributed by atoms with Gasteiger partial charge in [-0.1, -0.05) is 78.9 Å². The minimum Gasteiger partial charge on any atom is -0.308 e. The zero-order chi connectivity index (χ0) is 22.8. The van der Waals surface area contributed by atoms with E-state index in [1.807, 2.05) is 42.5 Å². The zero-order valence-corrected chi connectivity index (χ0v) is 18.5. The molecule has 3 aromatic rings. The number of hydrogen-bond acceptors (Lipinski definition) is 2. The molecule has 0 saturated carbocycles. The number of rotatable bonds is 6. The van der Waals surface area contributed by atoms with Crippen molar-refractivity contribution in [3.63, 3.8) is 0 Å². The van der Waals surface area contributed by atoms with Gasteiger partial charge in [-0.25, -0.2) is 0 Å². The molecular formula is C28H29F3N2. The summed E-state index contributed by atoms with van der Waals surface area (Å²) in [5.41, 5.74) is 2.45. The maximum Gasteiger partial charge on any atom is 0.416 e. The molecule has 5 heteroatoms. The SMILES string of the molecule is FC(F)(F)c1cccc(C(c2ccccc2)[C@H]2[C@H](NCc3ccccc3)C3CCN2CC3)c1. The highest BCUT2D eigenvalue weighted by molar-refractivity contribution is 5.39. The first-order chi connectivity index (χ1) is 16.0. The number of fused-ring (bicyclic) bond motifs is 3. The zero-order valence-electron chi connectivity index (χ0n) is 18.5. The Morgan fingerprint density at radius 1 is 0.818 bits per heavy atom. The summed E-state index contributed by atoms with van der Waals surface area (Å²) < 4.78 is 40.8. The number of benzene rings is 3. The Morgan fingerprint density at radius 3 is 2.12 bits per heavy atom. The Hall–Kier alpha value is -2.63. The maximum atomic E-state index is 13.6. The van der Waals surface area contributed by atoms with E-state index in [1.165, 1.54) is 17.7 Å². The molecular weight excluding hydrogens is 421 g/mol. The van der Waals surface area contributed by atoms with Gasteiger partial charge >= 0.3 is 6.18 Å². The van der Waals surface area contributed by atoms with Crippen LogP contribution in [0.2, 0.25) is 0 Å². The largest absolute Gasteiger partial charge is 0.416 e. The van der Waals surface area contributed by atoms with Crippen molar-refractivity contribution in [2.75, 3.05) is 13.1 Å². The molecule has 0 radical (unpaired) electrons. The van der Waals surface area contributed by atoms with Gasteiger partial charge < -0.3 is 5.32 Å². The number of nitrogens with zero attached hydrogens (tertiary/aromatic N) is 1. The van der Waals surface area contributed by atoms with E-state index in [0.29, 0.717) is 5.92 Å². The Labute approximate surface area is 193 Å². The number of piperidine rings is 3. The van der Waals surface area contributed by atoms with E-state index >= 15 is 0 Å². The summed E-state index contributed by atoms with van der Waals surface area (Å²) in [5.74, 6) is 0.394. The molecule has 172 valence electrons. The summed E-state index contributed by atoms with van der Waals surface area (Å²) >= 11 is 0. The second-order valence-corrected chi connectivity index (χ2v) is 9.27. The molecule has 3 saturated heterocycles. The van der Waals surface area contributed by atoms with Crippen LogP contribution in [0.5, 0.6) is 0 Å². The van der Waals surface area contributed by atoms with Crippen molar-refractivity contribution in [3.8, 4) is 0 Å². The second-order valence-electron chi connectivity index (χ2n) is 9.27. The summed E-state index contributed by atoms with van der Waals surface area (Å²) in [6, 6.07) is 26.6. The Morgan fingerprint density at radius 2 is 1.45 bits per heavy atom. The molecule has 3 atom stereocenters. The minimum atomic E-state index is -4.35. The molecule has 6 rings (SSSR count). The van der Waals surface area contributed by atoms with Gasteiger partial charge in [0.1, 0.15) is 0 Å². The Bertz CT molecular complexity index is 1040. The van der Waals surface area contributed by atoms with E-state index in [2.05, 4.69) is 34.5 Å². The first kappa shape index (κ1) is 22.2. The summed E-state index contributed by atoms with van der Waals surface area (Å²) in [6.07, 6.45) is -2.09. The van der Waals surface area contributed by atoms with E-state index in [0.717, 1.165) is 43.6 Å². The van der Waals surface area contributed by atoms with Crippen molar-refractivity contribution in [3.05, 3.63) is 107 Å². The molecule has 1 N–H and O–H groups in total. The van der Waals surface area contributed by atoms with Crippen LogP contribution in [0.4, 0.5) is 13.2 Å². The molecule has 3 aromatic carbocycles. The topological polar surface area (TPSA) is 15.3 Å². The second kappa shape index (κ2) is 9.32. The predicted molar refractivity (Wildman–Crippen MR) is 125 cm³/mol. The molecule has 1 unspecified atom stereocenters. The third kappa shape index (κ3) is 4.71. The molecule has 2 bridgehead atoms. The highest BCUT2D eigenvalue weighted by Gasteiger charge is 2.46. The number of hydrogen-bond donors (Lipinski definition) is 1. The van der Waals surface area contributed by atoms with Gasteiger partial charge in [0.15, 0.2) is 0 Å². The van der Waals surface area contributed by atoms with Crippen LogP contribution in [-0.4, -0.2) is 30.1 Å². The van der Waals surface area contributed by atoms with Crippen LogP contribution in [0.25, 0.3) is 0 Å². The molecule has 0 amide bonds. The van der Waals surface area contributed by atoms with Crippen molar-refractivity contribution < 1.29 is 13.2 Å². The van der Waals surface area contributed by atoms with Crippen LogP contribution < -0.4 is 5.32 Å². The van der Waals surface area contributed by atoms with Crippen molar-refractivity contribution in [2.24, 2.45) is 5.92 Å². The lowest BCUT2D eigenvalue weighted by atomic mass is 9.70. The fourth-order valence-electron chi connectivity index (χ4n) is 5.78. The van der Waals surface area contributed by atoms with E-state index in [9.17, 15) is 13.2 Å². The van der Waals surface area contributed by atoms with Crippen LogP contribution in [-0.2, 0) is 12.7 Å². The van der Waals surface area contributed by atoms with E-state index in [-0.39, 0.29) is 18.0 Å². The highest BCUT2D eigenvalue weighted by Crippen LogP contribution is 2.43. The molecule has 3 fully saturated rings. The molecule has 0 aromatic heterocycles. The molecule has 3 aliphatic rings. The normalized spacial score (nSPS) is 25.7. The van der Waals surface area contributed by atoms with Gasteiger partial charge in [0, 0.05) is 24.5 Å². The monoisotopic (exact) mass is 450 g/mol. The maximum absolute atomic E-state index is 13.6. The lowest BCUT2D eigenvalue weighted by Gasteiger charge is -2.54. The molecule has 3 aliphatic heterocycles. The van der Waals surface area contributed by atoms with Crippen LogP contribution >= 0.6 is 0 Å². The fourth-order valence-corrected chi connectivity index (χ4v) is 5.78. The number of halogens is 3. The minimum absolute atomic E-state index is 0.104. The first-order valence-electron chi connectivity index (χ1n) is 11.7. The smallest absolute Gasteiger partial charge is 0.308 e. The van der Waals surface area contributed by atoms with E-state index in [4.69, 9.17) is 0 Å². The van der Waals surface area contributed by atoms with E-state index < -0.39 is 11.7 Å². The molecule has 3 heterocycles. The van der Waals surface area contributed by atoms with Gasteiger partial charge in [0.05, 0.1) is 5.56 Å². The Kier molecular flexibility index (Phi) is 6.26. The molecule has 2 nitrogen and oxygen atoms in total. The van der Waals surface area contributed by atoms with Gasteiger partial charge in [-0.3, -0.25) is 4.90 Å². The first-order valence-corrected chi connectivity index (χ1v) is 11.7.